The summed E-state index contributed by atoms with van der Waals surface area (Å²) in [5.41, 5.74) is 8.48. The van der Waals surface area contributed by atoms with Gasteiger partial charge in [-0.2, -0.15) is 0 Å². The van der Waals surface area contributed by atoms with Crippen molar-refractivity contribution in [1.82, 2.24) is 0 Å². The van der Waals surface area contributed by atoms with Crippen molar-refractivity contribution in [2.24, 2.45) is 29.1 Å². The summed E-state index contributed by atoms with van der Waals surface area (Å²) in [6.45, 7) is 4.03. The maximum Gasteiger partial charge on any atom is 0.121 e. The molecule has 0 radical (unpaired) electrons. The first-order valence-corrected chi connectivity index (χ1v) is 10.6. The van der Waals surface area contributed by atoms with Gasteiger partial charge in [0.05, 0.1) is 0 Å². The highest BCUT2D eigenvalue weighted by molar-refractivity contribution is 9.10. The van der Waals surface area contributed by atoms with E-state index in [2.05, 4.69) is 52.3 Å². The topological polar surface area (TPSA) is 20.2 Å². The van der Waals surface area contributed by atoms with Crippen LogP contribution in [0.4, 0.5) is 0 Å². The van der Waals surface area contributed by atoms with Crippen LogP contribution in [0.1, 0.15) is 41.5 Å². The number of allylic oxidation sites excluding steroid dienone is 1. The molecule has 1 nitrogen and oxygen atoms in total. The SMILES string of the molecule is Cc1cc(C(=C2C3CC4CC5CC2C453)c2ccc(Br)cc2)cc(C)c1O. The van der Waals surface area contributed by atoms with Crippen molar-refractivity contribution in [2.75, 3.05) is 0 Å². The van der Waals surface area contributed by atoms with Gasteiger partial charge in [-0.1, -0.05) is 33.6 Å². The Morgan fingerprint density at radius 1 is 0.923 bits per heavy atom. The molecule has 0 aromatic heterocycles. The molecule has 2 aromatic carbocycles. The fourth-order valence-corrected chi connectivity index (χ4v) is 7.33. The molecule has 132 valence electrons. The van der Waals surface area contributed by atoms with Crippen LogP contribution in [0.3, 0.4) is 0 Å². The quantitative estimate of drug-likeness (QED) is 0.624. The zero-order valence-corrected chi connectivity index (χ0v) is 16.8. The molecule has 0 aliphatic heterocycles. The molecule has 2 aromatic rings. The lowest BCUT2D eigenvalue weighted by Gasteiger charge is -2.87. The predicted molar refractivity (Wildman–Crippen MR) is 108 cm³/mol. The van der Waals surface area contributed by atoms with Crippen molar-refractivity contribution in [3.63, 3.8) is 0 Å². The number of rotatable bonds is 2. The van der Waals surface area contributed by atoms with Gasteiger partial charge in [0.1, 0.15) is 5.75 Å². The third-order valence-electron chi connectivity index (χ3n) is 8.18. The number of phenols is 1. The fraction of sp³-hybridized carbons (Fsp3) is 0.417. The van der Waals surface area contributed by atoms with Crippen molar-refractivity contribution >= 4 is 21.5 Å². The van der Waals surface area contributed by atoms with Gasteiger partial charge in [-0.15, -0.1) is 0 Å². The van der Waals surface area contributed by atoms with Crippen LogP contribution in [-0.4, -0.2) is 5.11 Å². The van der Waals surface area contributed by atoms with Gasteiger partial charge >= 0.3 is 0 Å². The summed E-state index contributed by atoms with van der Waals surface area (Å²) in [7, 11) is 0. The molecule has 1 N–H and O–H groups in total. The standard InChI is InChI=1S/C24H23BrO/c1-12-7-15(8-13(2)23(12)26)21(14-3-5-18(25)6-4-14)22-19-10-16-9-17-11-20(22)24(16,17)19/h3-8,16-17,19-20,26H,9-11H2,1-2H3. The normalized spacial score (nSPS) is 35.3. The average Bonchev–Trinajstić information content (AvgIpc) is 2.55. The fourth-order valence-electron chi connectivity index (χ4n) is 7.07. The molecule has 0 saturated heterocycles. The number of aryl methyl sites for hydroxylation is 2. The highest BCUT2D eigenvalue weighted by atomic mass is 79.9. The van der Waals surface area contributed by atoms with Gasteiger partial charge in [0.2, 0.25) is 0 Å². The van der Waals surface area contributed by atoms with Crippen LogP contribution in [0.5, 0.6) is 5.75 Å². The summed E-state index contributed by atoms with van der Waals surface area (Å²) in [5, 5.41) is 10.3. The zero-order valence-electron chi connectivity index (χ0n) is 15.2. The summed E-state index contributed by atoms with van der Waals surface area (Å²) in [6, 6.07) is 13.2. The smallest absolute Gasteiger partial charge is 0.121 e. The summed E-state index contributed by atoms with van der Waals surface area (Å²) in [4.78, 5) is 0. The number of aromatic hydroxyl groups is 1. The van der Waals surface area contributed by atoms with E-state index in [0.29, 0.717) is 5.75 Å². The Labute approximate surface area is 163 Å². The lowest BCUT2D eigenvalue weighted by molar-refractivity contribution is -0.336. The van der Waals surface area contributed by atoms with Gasteiger partial charge in [0.15, 0.2) is 0 Å². The third kappa shape index (κ3) is 1.60. The highest BCUT2D eigenvalue weighted by Gasteiger charge is 2.83. The van der Waals surface area contributed by atoms with Gasteiger partial charge < -0.3 is 5.11 Å². The van der Waals surface area contributed by atoms with Crippen LogP contribution in [0.25, 0.3) is 5.57 Å². The lowest BCUT2D eigenvalue weighted by Crippen LogP contribution is -2.81. The molecule has 0 amide bonds. The van der Waals surface area contributed by atoms with Crippen LogP contribution in [0, 0.1) is 42.9 Å². The zero-order chi connectivity index (χ0) is 17.8. The van der Waals surface area contributed by atoms with Gasteiger partial charge in [0, 0.05) is 4.47 Å². The van der Waals surface area contributed by atoms with Gasteiger partial charge in [-0.3, -0.25) is 0 Å². The Bertz CT molecular complexity index is 937. The monoisotopic (exact) mass is 406 g/mol. The second kappa shape index (κ2) is 4.84. The van der Waals surface area contributed by atoms with Crippen LogP contribution in [0.2, 0.25) is 0 Å². The third-order valence-corrected chi connectivity index (χ3v) is 8.71. The minimum atomic E-state index is 0.436. The molecule has 2 heteroatoms. The van der Waals surface area contributed by atoms with Crippen LogP contribution in [-0.2, 0) is 0 Å². The van der Waals surface area contributed by atoms with E-state index < -0.39 is 0 Å². The Morgan fingerprint density at radius 2 is 1.50 bits per heavy atom. The second-order valence-corrected chi connectivity index (χ2v) is 9.92. The van der Waals surface area contributed by atoms with Gasteiger partial charge in [-0.25, -0.2) is 0 Å². The summed E-state index contributed by atoms with van der Waals surface area (Å²) < 4.78 is 1.13. The Kier molecular flexibility index (Phi) is 2.89. The van der Waals surface area contributed by atoms with E-state index in [0.717, 1.165) is 44.7 Å². The van der Waals surface area contributed by atoms with Crippen molar-refractivity contribution < 1.29 is 5.11 Å². The predicted octanol–water partition coefficient (Wildman–Crippen LogP) is 6.25. The number of hydrogen-bond donors (Lipinski definition) is 1. The molecular formula is C24H23BrO. The van der Waals surface area contributed by atoms with E-state index in [1.807, 2.05) is 13.8 Å². The van der Waals surface area contributed by atoms with E-state index in [-0.39, 0.29) is 0 Å². The summed E-state index contributed by atoms with van der Waals surface area (Å²) in [5.74, 6) is 4.17. The van der Waals surface area contributed by atoms with Crippen molar-refractivity contribution in [1.29, 1.82) is 0 Å². The van der Waals surface area contributed by atoms with E-state index in [1.54, 1.807) is 5.57 Å². The first-order chi connectivity index (χ1) is 12.5. The maximum atomic E-state index is 10.3. The van der Waals surface area contributed by atoms with Crippen LogP contribution in [0.15, 0.2) is 46.4 Å². The number of phenolic OH excluding ortho intramolecular Hbond substituents is 1. The van der Waals surface area contributed by atoms with Gasteiger partial charge in [0.25, 0.3) is 0 Å². The van der Waals surface area contributed by atoms with Crippen LogP contribution >= 0.6 is 15.9 Å². The van der Waals surface area contributed by atoms with E-state index >= 15 is 0 Å². The van der Waals surface area contributed by atoms with E-state index in [4.69, 9.17) is 0 Å². The Hall–Kier alpha value is -1.54. The first kappa shape index (κ1) is 15.5. The number of hydrogen-bond acceptors (Lipinski definition) is 1. The summed E-state index contributed by atoms with van der Waals surface area (Å²) in [6.07, 6.45) is 4.34. The number of halogens is 1. The molecule has 4 aliphatic rings. The molecule has 0 heterocycles. The number of benzene rings is 2. The van der Waals surface area contributed by atoms with Crippen molar-refractivity contribution in [3.8, 4) is 5.75 Å². The molecule has 4 fully saturated rings. The maximum absolute atomic E-state index is 10.3. The highest BCUT2D eigenvalue weighted by Crippen LogP contribution is 2.90. The average molecular weight is 407 g/mol. The van der Waals surface area contributed by atoms with E-state index in [1.165, 1.54) is 36.0 Å². The molecule has 4 unspecified atom stereocenters. The largest absolute Gasteiger partial charge is 0.507 e. The van der Waals surface area contributed by atoms with E-state index in [9.17, 15) is 5.11 Å². The minimum Gasteiger partial charge on any atom is -0.507 e. The molecular weight excluding hydrogens is 384 g/mol. The molecule has 1 spiro atoms. The first-order valence-electron chi connectivity index (χ1n) is 9.82. The van der Waals surface area contributed by atoms with Crippen LogP contribution < -0.4 is 0 Å². The van der Waals surface area contributed by atoms with Gasteiger partial charge in [-0.05, 0) is 114 Å². The molecule has 4 saturated carbocycles. The Morgan fingerprint density at radius 3 is 2.04 bits per heavy atom. The molecule has 26 heavy (non-hydrogen) atoms. The molecule has 0 bridgehead atoms. The summed E-state index contributed by atoms with van der Waals surface area (Å²) >= 11 is 3.58. The lowest BCUT2D eigenvalue weighted by atomic mass is 9.17. The molecule has 6 rings (SSSR count). The van der Waals surface area contributed by atoms with Crippen molar-refractivity contribution in [3.05, 3.63) is 68.7 Å². The minimum absolute atomic E-state index is 0.436. The second-order valence-electron chi connectivity index (χ2n) is 9.00. The molecule has 4 atom stereocenters. The Balaban J connectivity index is 1.55. The van der Waals surface area contributed by atoms with Crippen molar-refractivity contribution in [2.45, 2.75) is 33.1 Å². The molecule has 4 aliphatic carbocycles.